The number of hydrogen-bond donors (Lipinski definition) is 2. The number of rotatable bonds is 1. The van der Waals surface area contributed by atoms with Crippen molar-refractivity contribution in [1.82, 2.24) is 5.32 Å². The molecule has 0 aromatic heterocycles. The largest absolute Gasteiger partial charge is 0.505 e. The Labute approximate surface area is 80.6 Å². The molecule has 1 saturated heterocycles. The van der Waals surface area contributed by atoms with Crippen LogP contribution >= 0.6 is 0 Å². The molecule has 0 bridgehead atoms. The summed E-state index contributed by atoms with van der Waals surface area (Å²) in [4.78, 5) is 0. The van der Waals surface area contributed by atoms with Crippen molar-refractivity contribution in [1.29, 1.82) is 0 Å². The number of aromatic hydroxyl groups is 1. The van der Waals surface area contributed by atoms with Gasteiger partial charge in [0.25, 0.3) is 0 Å². The van der Waals surface area contributed by atoms with Crippen LogP contribution in [0.1, 0.15) is 24.4 Å². The summed E-state index contributed by atoms with van der Waals surface area (Å²) in [6, 6.07) is 1.82. The Morgan fingerprint density at radius 2 is 2.14 bits per heavy atom. The highest BCUT2D eigenvalue weighted by Crippen LogP contribution is 2.31. The van der Waals surface area contributed by atoms with Crippen LogP contribution in [0.4, 0.5) is 8.78 Å². The monoisotopic (exact) mass is 199 g/mol. The molecule has 1 aliphatic heterocycles. The smallest absolute Gasteiger partial charge is 0.172 e. The van der Waals surface area contributed by atoms with Gasteiger partial charge in [0.15, 0.2) is 11.6 Å². The van der Waals surface area contributed by atoms with Crippen molar-refractivity contribution in [2.75, 3.05) is 6.54 Å². The van der Waals surface area contributed by atoms with Crippen molar-refractivity contribution in [2.24, 2.45) is 0 Å². The Balaban J connectivity index is 2.44. The minimum Gasteiger partial charge on any atom is -0.505 e. The van der Waals surface area contributed by atoms with E-state index in [1.807, 2.05) is 0 Å². The first-order valence-corrected chi connectivity index (χ1v) is 4.60. The molecule has 1 unspecified atom stereocenters. The number of benzene rings is 1. The van der Waals surface area contributed by atoms with Crippen molar-refractivity contribution >= 4 is 0 Å². The van der Waals surface area contributed by atoms with E-state index in [2.05, 4.69) is 5.32 Å². The lowest BCUT2D eigenvalue weighted by atomic mass is 10.0. The van der Waals surface area contributed by atoms with Crippen molar-refractivity contribution in [3.63, 3.8) is 0 Å². The van der Waals surface area contributed by atoms with Gasteiger partial charge < -0.3 is 10.4 Å². The second kappa shape index (κ2) is 3.53. The van der Waals surface area contributed by atoms with Crippen LogP contribution < -0.4 is 5.32 Å². The van der Waals surface area contributed by atoms with E-state index < -0.39 is 17.4 Å². The van der Waals surface area contributed by atoms with Gasteiger partial charge in [0.1, 0.15) is 5.82 Å². The van der Waals surface area contributed by atoms with E-state index in [-0.39, 0.29) is 11.6 Å². The standard InChI is InChI=1S/C10H11F2NO/c11-6-3-4-8(14)10(12)9(6)7-2-1-5-13-7/h3-4,7,13-14H,1-2,5H2. The highest BCUT2D eigenvalue weighted by molar-refractivity contribution is 5.33. The summed E-state index contributed by atoms with van der Waals surface area (Å²) >= 11 is 0. The number of halogens is 2. The molecule has 2 rings (SSSR count). The lowest BCUT2D eigenvalue weighted by molar-refractivity contribution is 0.413. The van der Waals surface area contributed by atoms with Gasteiger partial charge in [0, 0.05) is 11.6 Å². The summed E-state index contributed by atoms with van der Waals surface area (Å²) in [5, 5.41) is 12.1. The van der Waals surface area contributed by atoms with Gasteiger partial charge in [-0.3, -0.25) is 0 Å². The molecule has 76 valence electrons. The molecule has 0 aliphatic carbocycles. The van der Waals surface area contributed by atoms with Crippen molar-refractivity contribution in [3.8, 4) is 5.75 Å². The minimum absolute atomic E-state index is 0.0394. The summed E-state index contributed by atoms with van der Waals surface area (Å²) in [6.07, 6.45) is 1.61. The Bertz CT molecular complexity index is 348. The van der Waals surface area contributed by atoms with E-state index in [1.54, 1.807) is 0 Å². The van der Waals surface area contributed by atoms with Gasteiger partial charge in [0.05, 0.1) is 0 Å². The van der Waals surface area contributed by atoms with Crippen LogP contribution in [0.2, 0.25) is 0 Å². The van der Waals surface area contributed by atoms with Crippen LogP contribution in [0, 0.1) is 11.6 Å². The Hall–Kier alpha value is -1.16. The summed E-state index contributed by atoms with van der Waals surface area (Å²) < 4.78 is 26.7. The van der Waals surface area contributed by atoms with E-state index in [4.69, 9.17) is 5.11 Å². The highest BCUT2D eigenvalue weighted by Gasteiger charge is 2.24. The lowest BCUT2D eigenvalue weighted by Gasteiger charge is -2.13. The molecular formula is C10H11F2NO. The predicted octanol–water partition coefficient (Wildman–Crippen LogP) is 2.09. The normalized spacial score (nSPS) is 21.4. The van der Waals surface area contributed by atoms with E-state index in [9.17, 15) is 8.78 Å². The zero-order valence-electron chi connectivity index (χ0n) is 7.56. The molecule has 1 fully saturated rings. The maximum atomic E-state index is 13.4. The molecule has 1 heterocycles. The molecule has 1 atom stereocenters. The summed E-state index contributed by atoms with van der Waals surface area (Å²) in [5.41, 5.74) is -0.0394. The molecule has 1 aromatic carbocycles. The predicted molar refractivity (Wildman–Crippen MR) is 48.0 cm³/mol. The van der Waals surface area contributed by atoms with Crippen molar-refractivity contribution in [2.45, 2.75) is 18.9 Å². The molecule has 1 aromatic rings. The van der Waals surface area contributed by atoms with Crippen LogP contribution in [0.3, 0.4) is 0 Å². The SMILES string of the molecule is Oc1ccc(F)c(C2CCCN2)c1F. The van der Waals surface area contributed by atoms with E-state index in [1.165, 1.54) is 0 Å². The van der Waals surface area contributed by atoms with Crippen LogP contribution in [-0.2, 0) is 0 Å². The van der Waals surface area contributed by atoms with Gasteiger partial charge in [-0.15, -0.1) is 0 Å². The fourth-order valence-electron chi connectivity index (χ4n) is 1.81. The van der Waals surface area contributed by atoms with E-state index >= 15 is 0 Å². The second-order valence-electron chi connectivity index (χ2n) is 3.44. The third-order valence-electron chi connectivity index (χ3n) is 2.51. The topological polar surface area (TPSA) is 32.3 Å². The van der Waals surface area contributed by atoms with Gasteiger partial charge in [-0.2, -0.15) is 0 Å². The van der Waals surface area contributed by atoms with Gasteiger partial charge in [0.2, 0.25) is 0 Å². The summed E-state index contributed by atoms with van der Waals surface area (Å²) in [5.74, 6) is -1.93. The molecule has 2 nitrogen and oxygen atoms in total. The second-order valence-corrected chi connectivity index (χ2v) is 3.44. The Morgan fingerprint density at radius 1 is 1.36 bits per heavy atom. The molecule has 14 heavy (non-hydrogen) atoms. The Morgan fingerprint density at radius 3 is 2.79 bits per heavy atom. The average molecular weight is 199 g/mol. The van der Waals surface area contributed by atoms with E-state index in [0.29, 0.717) is 6.42 Å². The number of phenols is 1. The molecule has 0 radical (unpaired) electrons. The van der Waals surface area contributed by atoms with Crippen LogP contribution in [0.15, 0.2) is 12.1 Å². The zero-order valence-corrected chi connectivity index (χ0v) is 7.56. The molecule has 4 heteroatoms. The first-order chi connectivity index (χ1) is 6.70. The quantitative estimate of drug-likeness (QED) is 0.725. The minimum atomic E-state index is -0.843. The van der Waals surface area contributed by atoms with Gasteiger partial charge >= 0.3 is 0 Å². The summed E-state index contributed by atoms with van der Waals surface area (Å²) in [6.45, 7) is 0.763. The lowest BCUT2D eigenvalue weighted by Crippen LogP contribution is -2.16. The fraction of sp³-hybridized carbons (Fsp3) is 0.400. The number of phenolic OH excluding ortho intramolecular Hbond substituents is 1. The van der Waals surface area contributed by atoms with E-state index in [0.717, 1.165) is 25.1 Å². The van der Waals surface area contributed by atoms with Crippen LogP contribution in [-0.4, -0.2) is 11.7 Å². The maximum Gasteiger partial charge on any atom is 0.172 e. The molecule has 0 saturated carbocycles. The first kappa shape index (κ1) is 9.40. The van der Waals surface area contributed by atoms with Gasteiger partial charge in [-0.25, -0.2) is 8.78 Å². The third kappa shape index (κ3) is 1.46. The van der Waals surface area contributed by atoms with Gasteiger partial charge in [-0.05, 0) is 31.5 Å². The van der Waals surface area contributed by atoms with Crippen LogP contribution in [0.25, 0.3) is 0 Å². The molecule has 0 spiro atoms. The molecular weight excluding hydrogens is 188 g/mol. The fourth-order valence-corrected chi connectivity index (χ4v) is 1.81. The van der Waals surface area contributed by atoms with Crippen molar-refractivity contribution in [3.05, 3.63) is 29.3 Å². The summed E-state index contributed by atoms with van der Waals surface area (Å²) in [7, 11) is 0. The zero-order chi connectivity index (χ0) is 10.1. The highest BCUT2D eigenvalue weighted by atomic mass is 19.1. The van der Waals surface area contributed by atoms with Crippen molar-refractivity contribution < 1.29 is 13.9 Å². The first-order valence-electron chi connectivity index (χ1n) is 4.60. The van der Waals surface area contributed by atoms with Crippen LogP contribution in [0.5, 0.6) is 5.75 Å². The molecule has 1 aliphatic rings. The Kier molecular flexibility index (Phi) is 2.37. The number of nitrogens with one attached hydrogen (secondary N) is 1. The average Bonchev–Trinajstić information content (AvgIpc) is 2.65. The maximum absolute atomic E-state index is 13.4. The third-order valence-corrected chi connectivity index (χ3v) is 2.51. The van der Waals surface area contributed by atoms with Gasteiger partial charge in [-0.1, -0.05) is 0 Å². The molecule has 0 amide bonds. The number of hydrogen-bond acceptors (Lipinski definition) is 2. The molecule has 2 N–H and O–H groups in total.